The molecule has 0 amide bonds. The van der Waals surface area contributed by atoms with Crippen LogP contribution in [0, 0.1) is 0 Å². The maximum absolute atomic E-state index is 12.5. The monoisotopic (exact) mass is 389 g/mol. The summed E-state index contributed by atoms with van der Waals surface area (Å²) >= 11 is 0. The first kappa shape index (κ1) is 19.2. The fourth-order valence-corrected chi connectivity index (χ4v) is 3.03. The van der Waals surface area contributed by atoms with Crippen LogP contribution >= 0.6 is 0 Å². The van der Waals surface area contributed by atoms with E-state index < -0.39 is 18.2 Å². The minimum Gasteiger partial charge on any atom is -0.493 e. The van der Waals surface area contributed by atoms with E-state index in [0.717, 1.165) is 0 Å². The molecule has 1 aliphatic heterocycles. The Labute approximate surface area is 160 Å². The summed E-state index contributed by atoms with van der Waals surface area (Å²) in [7, 11) is 5.66. The molecule has 0 aliphatic carbocycles. The second-order valence-corrected chi connectivity index (χ2v) is 5.75. The van der Waals surface area contributed by atoms with Gasteiger partial charge in [0.2, 0.25) is 6.23 Å². The summed E-state index contributed by atoms with van der Waals surface area (Å²) in [6.45, 7) is 0. The molecule has 9 nitrogen and oxygen atoms in total. The summed E-state index contributed by atoms with van der Waals surface area (Å²) in [5.74, 6) is -0.822. The Hall–Kier alpha value is -3.62. The molecule has 1 atom stereocenters. The number of hydrogen-bond acceptors (Lipinski definition) is 8. The van der Waals surface area contributed by atoms with Gasteiger partial charge in [0.15, 0.2) is 23.0 Å². The zero-order chi connectivity index (χ0) is 20.4. The van der Waals surface area contributed by atoms with Gasteiger partial charge in [0.05, 0.1) is 39.7 Å². The van der Waals surface area contributed by atoms with E-state index in [1.807, 2.05) is 0 Å². The van der Waals surface area contributed by atoms with Gasteiger partial charge < -0.3 is 34.1 Å². The van der Waals surface area contributed by atoms with Gasteiger partial charge >= 0.3 is 11.9 Å². The van der Waals surface area contributed by atoms with Gasteiger partial charge in [0, 0.05) is 17.7 Å². The summed E-state index contributed by atoms with van der Waals surface area (Å²) in [5.41, 5.74) is 0.700. The highest BCUT2D eigenvalue weighted by molar-refractivity contribution is 5.99. The zero-order valence-electron chi connectivity index (χ0n) is 15.7. The van der Waals surface area contributed by atoms with Gasteiger partial charge in [-0.15, -0.1) is 0 Å². The Kier molecular flexibility index (Phi) is 5.16. The number of fused-ring (bicyclic) bond motifs is 1. The molecule has 1 aliphatic rings. The van der Waals surface area contributed by atoms with Crippen molar-refractivity contribution in [2.45, 2.75) is 6.23 Å². The van der Waals surface area contributed by atoms with E-state index in [-0.39, 0.29) is 28.2 Å². The molecule has 0 radical (unpaired) electrons. The Morgan fingerprint density at radius 3 is 2.21 bits per heavy atom. The number of carboxylic acid groups (broad SMARTS) is 1. The molecule has 3 rings (SSSR count). The predicted molar refractivity (Wildman–Crippen MR) is 97.8 cm³/mol. The quantitative estimate of drug-likeness (QED) is 0.720. The number of methoxy groups -OCH3 is 4. The van der Waals surface area contributed by atoms with Crippen LogP contribution in [0.5, 0.6) is 23.0 Å². The van der Waals surface area contributed by atoms with Crippen LogP contribution in [0.15, 0.2) is 24.3 Å². The summed E-state index contributed by atoms with van der Waals surface area (Å²) in [4.78, 5) is 24.4. The lowest BCUT2D eigenvalue weighted by Gasteiger charge is -2.29. The van der Waals surface area contributed by atoms with Gasteiger partial charge in [-0.05, 0) is 12.1 Å². The molecular weight excluding hydrogens is 370 g/mol. The van der Waals surface area contributed by atoms with Crippen molar-refractivity contribution >= 4 is 17.6 Å². The summed E-state index contributed by atoms with van der Waals surface area (Å²) in [6.07, 6.45) is -1.05. The van der Waals surface area contributed by atoms with Crippen molar-refractivity contribution in [1.82, 2.24) is 0 Å². The number of hydrogen-bond donors (Lipinski definition) is 2. The number of aromatic carboxylic acids is 1. The number of carbonyl (C=O) groups excluding carboxylic acids is 1. The molecule has 9 heteroatoms. The van der Waals surface area contributed by atoms with Gasteiger partial charge in [-0.3, -0.25) is 0 Å². The van der Waals surface area contributed by atoms with E-state index in [4.69, 9.17) is 23.7 Å². The van der Waals surface area contributed by atoms with Crippen molar-refractivity contribution < 1.29 is 38.4 Å². The highest BCUT2D eigenvalue weighted by Gasteiger charge is 2.33. The summed E-state index contributed by atoms with van der Waals surface area (Å²) < 4.78 is 26.3. The number of esters is 1. The van der Waals surface area contributed by atoms with Crippen LogP contribution in [0.25, 0.3) is 0 Å². The topological polar surface area (TPSA) is 113 Å². The third-order valence-corrected chi connectivity index (χ3v) is 4.33. The fraction of sp³-hybridized carbons (Fsp3) is 0.263. The Bertz CT molecular complexity index is 940. The number of anilines is 1. The Balaban J connectivity index is 2.10. The van der Waals surface area contributed by atoms with Gasteiger partial charge in [0.1, 0.15) is 5.56 Å². The van der Waals surface area contributed by atoms with Crippen molar-refractivity contribution in [2.24, 2.45) is 0 Å². The lowest BCUT2D eigenvalue weighted by Crippen LogP contribution is -2.27. The summed E-state index contributed by atoms with van der Waals surface area (Å²) in [5, 5.41) is 12.7. The smallest absolute Gasteiger partial charge is 0.342 e. The number of carbonyl (C=O) groups is 2. The average molecular weight is 389 g/mol. The van der Waals surface area contributed by atoms with Crippen LogP contribution in [-0.2, 0) is 4.74 Å². The van der Waals surface area contributed by atoms with Crippen molar-refractivity contribution in [3.63, 3.8) is 0 Å². The molecule has 0 unspecified atom stereocenters. The highest BCUT2D eigenvalue weighted by atomic mass is 16.6. The van der Waals surface area contributed by atoms with E-state index in [0.29, 0.717) is 17.2 Å². The van der Waals surface area contributed by atoms with E-state index in [1.165, 1.54) is 40.6 Å². The molecule has 0 saturated carbocycles. The number of cyclic esters (lactones) is 1. The van der Waals surface area contributed by atoms with Gasteiger partial charge in [-0.1, -0.05) is 0 Å². The number of nitrogens with one attached hydrogen (secondary N) is 1. The highest BCUT2D eigenvalue weighted by Crippen LogP contribution is 2.42. The van der Waals surface area contributed by atoms with Crippen LogP contribution in [0.4, 0.5) is 5.69 Å². The van der Waals surface area contributed by atoms with Gasteiger partial charge in [0.25, 0.3) is 0 Å². The first-order valence-corrected chi connectivity index (χ1v) is 8.16. The molecule has 0 fully saturated rings. The average Bonchev–Trinajstić information content (AvgIpc) is 2.71. The minimum absolute atomic E-state index is 0.0310. The molecule has 0 spiro atoms. The third kappa shape index (κ3) is 3.11. The van der Waals surface area contributed by atoms with Crippen LogP contribution in [-0.4, -0.2) is 45.5 Å². The predicted octanol–water partition coefficient (Wildman–Crippen LogP) is 2.70. The lowest BCUT2D eigenvalue weighted by molar-refractivity contribution is 0.0322. The van der Waals surface area contributed by atoms with Crippen LogP contribution < -0.4 is 24.3 Å². The van der Waals surface area contributed by atoms with E-state index in [2.05, 4.69) is 5.32 Å². The normalized spacial score (nSPS) is 15.0. The summed E-state index contributed by atoms with van der Waals surface area (Å²) in [6, 6.07) is 6.12. The molecular formula is C19H19NO8. The van der Waals surface area contributed by atoms with Gasteiger partial charge in [-0.2, -0.15) is 0 Å². The second-order valence-electron chi connectivity index (χ2n) is 5.75. The number of carboxylic acids is 1. The molecule has 2 N–H and O–H groups in total. The van der Waals surface area contributed by atoms with E-state index in [9.17, 15) is 14.7 Å². The molecule has 0 bridgehead atoms. The molecule has 28 heavy (non-hydrogen) atoms. The minimum atomic E-state index is -1.25. The Morgan fingerprint density at radius 1 is 1.00 bits per heavy atom. The first-order valence-electron chi connectivity index (χ1n) is 8.16. The van der Waals surface area contributed by atoms with Crippen LogP contribution in [0.1, 0.15) is 32.5 Å². The van der Waals surface area contributed by atoms with Crippen molar-refractivity contribution in [3.8, 4) is 23.0 Å². The number of rotatable bonds is 6. The molecule has 0 saturated heterocycles. The zero-order valence-corrected chi connectivity index (χ0v) is 15.7. The maximum atomic E-state index is 12.5. The van der Waals surface area contributed by atoms with Crippen molar-refractivity contribution in [3.05, 3.63) is 41.0 Å². The molecule has 1 heterocycles. The maximum Gasteiger partial charge on any atom is 0.342 e. The van der Waals surface area contributed by atoms with Crippen LogP contribution in [0.3, 0.4) is 0 Å². The Morgan fingerprint density at radius 2 is 1.64 bits per heavy atom. The fourth-order valence-electron chi connectivity index (χ4n) is 3.03. The van der Waals surface area contributed by atoms with E-state index in [1.54, 1.807) is 12.1 Å². The molecule has 2 aromatic carbocycles. The largest absolute Gasteiger partial charge is 0.493 e. The SMILES string of the molecule is COc1cc2c(cc1OC)C(=O)O[C@H](c1ccc(OC)c(OC)c1C(=O)O)N2. The van der Waals surface area contributed by atoms with Gasteiger partial charge in [-0.25, -0.2) is 9.59 Å². The van der Waals surface area contributed by atoms with Crippen LogP contribution in [0.2, 0.25) is 0 Å². The molecule has 0 aromatic heterocycles. The number of benzene rings is 2. The van der Waals surface area contributed by atoms with E-state index >= 15 is 0 Å². The van der Waals surface area contributed by atoms with Crippen molar-refractivity contribution in [1.29, 1.82) is 0 Å². The molecule has 2 aromatic rings. The lowest BCUT2D eigenvalue weighted by atomic mass is 10.0. The second kappa shape index (κ2) is 7.55. The first-order chi connectivity index (χ1) is 13.4. The standard InChI is InChI=1S/C19H19NO8/c1-24-12-6-5-9(15(18(21)22)16(12)27-4)17-20-11-8-14(26-3)13(25-2)7-10(11)19(23)28-17/h5-8,17,20H,1-4H3,(H,21,22)/t17-/m1/s1. The third-order valence-electron chi connectivity index (χ3n) is 4.33. The van der Waals surface area contributed by atoms with Crippen molar-refractivity contribution in [2.75, 3.05) is 33.8 Å². The molecule has 148 valence electrons. The number of ether oxygens (including phenoxy) is 5.